The largest absolute Gasteiger partial charge is 0.475 e. The fraction of sp³-hybridized carbons (Fsp3) is 1.00. The molecule has 0 atom stereocenters. The molecule has 0 aromatic carbocycles. The summed E-state index contributed by atoms with van der Waals surface area (Å²) >= 11 is 2.78. The van der Waals surface area contributed by atoms with Crippen molar-refractivity contribution in [2.24, 2.45) is 0 Å². The predicted octanol–water partition coefficient (Wildman–Crippen LogP) is 1.07. The minimum atomic E-state index is -4.53. The van der Waals surface area contributed by atoms with Crippen LogP contribution in [0.1, 0.15) is 0 Å². The number of rotatable bonds is 0. The normalized spacial score (nSPS) is 9.00. The van der Waals surface area contributed by atoms with Crippen molar-refractivity contribution >= 4 is 23.2 Å². The van der Waals surface area contributed by atoms with Crippen LogP contribution in [0.15, 0.2) is 0 Å². The zero-order valence-electron chi connectivity index (χ0n) is 3.24. The van der Waals surface area contributed by atoms with Crippen LogP contribution in [-0.2, 0) is 11.6 Å². The van der Waals surface area contributed by atoms with E-state index in [4.69, 9.17) is 8.42 Å². The van der Waals surface area contributed by atoms with Crippen LogP contribution in [0.5, 0.6) is 0 Å². The highest BCUT2D eigenvalue weighted by molar-refractivity contribution is 7.51. The maximum absolute atomic E-state index is 10.1. The Morgan fingerprint density at radius 3 is 1.25 bits per heavy atom. The van der Waals surface area contributed by atoms with E-state index in [2.05, 4.69) is 11.6 Å². The zero-order chi connectivity index (χ0) is 7.21. The molecule has 0 heterocycles. The fourth-order valence-corrected chi connectivity index (χ4v) is 0. The molecule has 0 unspecified atom stereocenters. The first kappa shape index (κ1) is 10.8. The topological polar surface area (TPSA) is 34.1 Å². The smallest absolute Gasteiger partial charge is 0.168 e. The lowest BCUT2D eigenvalue weighted by Crippen LogP contribution is -1.89. The summed E-state index contributed by atoms with van der Waals surface area (Å²) in [6.07, 6.45) is 0. The Bertz CT molecular complexity index is 77.8. The molecular formula is CClF3O2S. The average Bonchev–Trinajstić information content (AvgIpc) is 1.27. The Morgan fingerprint density at radius 1 is 1.25 bits per heavy atom. The van der Waals surface area contributed by atoms with Gasteiger partial charge in [0, 0.05) is 0 Å². The Hall–Kier alpha value is -0.100. The summed E-state index contributed by atoms with van der Waals surface area (Å²) in [5.74, 6) is 0. The third-order valence-electron chi connectivity index (χ3n) is 0. The van der Waals surface area contributed by atoms with Crippen LogP contribution in [-0.4, -0.2) is 14.1 Å². The number of alkyl halides is 4. The van der Waals surface area contributed by atoms with E-state index in [1.54, 1.807) is 0 Å². The molecule has 0 aliphatic rings. The van der Waals surface area contributed by atoms with Gasteiger partial charge < -0.3 is 0 Å². The van der Waals surface area contributed by atoms with Crippen molar-refractivity contribution in [2.75, 3.05) is 0 Å². The number of halogens is 4. The van der Waals surface area contributed by atoms with E-state index in [0.717, 1.165) is 0 Å². The van der Waals surface area contributed by atoms with E-state index >= 15 is 0 Å². The molecule has 0 N–H and O–H groups in total. The quantitative estimate of drug-likeness (QED) is 0.507. The van der Waals surface area contributed by atoms with Crippen LogP contribution in [0.3, 0.4) is 0 Å². The molecular weight excluding hydrogens is 169 g/mol. The van der Waals surface area contributed by atoms with E-state index < -0.39 is 17.2 Å². The van der Waals surface area contributed by atoms with E-state index in [0.29, 0.717) is 0 Å². The van der Waals surface area contributed by atoms with E-state index in [1.165, 1.54) is 0 Å². The van der Waals surface area contributed by atoms with Gasteiger partial charge in [-0.1, -0.05) is 0 Å². The number of hydrogen-bond donors (Lipinski definition) is 0. The summed E-state index contributed by atoms with van der Waals surface area (Å²) in [5, 5.41) is 0. The first-order chi connectivity index (χ1) is 3.41. The van der Waals surface area contributed by atoms with Gasteiger partial charge in [-0.05, 0) is 11.6 Å². The van der Waals surface area contributed by atoms with Gasteiger partial charge in [0.05, 0.1) is 0 Å². The minimum Gasteiger partial charge on any atom is -0.168 e. The fourth-order valence-electron chi connectivity index (χ4n) is 0. The van der Waals surface area contributed by atoms with Gasteiger partial charge in [0.2, 0.25) is 0 Å². The van der Waals surface area contributed by atoms with Crippen molar-refractivity contribution in [3.05, 3.63) is 0 Å². The van der Waals surface area contributed by atoms with Crippen LogP contribution in [0.4, 0.5) is 13.2 Å². The van der Waals surface area contributed by atoms with Crippen LogP contribution in [0, 0.1) is 0 Å². The van der Waals surface area contributed by atoms with Crippen LogP contribution < -0.4 is 0 Å². The highest BCUT2D eigenvalue weighted by Crippen LogP contribution is 2.18. The molecule has 0 bridgehead atoms. The van der Waals surface area contributed by atoms with E-state index in [1.807, 2.05) is 0 Å². The van der Waals surface area contributed by atoms with Crippen LogP contribution >= 0.6 is 11.6 Å². The van der Waals surface area contributed by atoms with Crippen molar-refractivity contribution in [2.45, 2.75) is 5.64 Å². The molecule has 0 aliphatic heterocycles. The lowest BCUT2D eigenvalue weighted by Gasteiger charge is -1.84. The summed E-state index contributed by atoms with van der Waals surface area (Å²) in [6, 6.07) is 0. The second-order valence-electron chi connectivity index (χ2n) is 0.497. The summed E-state index contributed by atoms with van der Waals surface area (Å²) in [6.45, 7) is 0. The molecule has 0 amide bonds. The molecule has 0 spiro atoms. The monoisotopic (exact) mass is 168 g/mol. The molecule has 0 rings (SSSR count). The minimum absolute atomic E-state index is 0.750. The first-order valence-electron chi connectivity index (χ1n) is 1.09. The third-order valence-corrected chi connectivity index (χ3v) is 0. The molecule has 0 saturated carbocycles. The standard InChI is InChI=1S/CClF3.O2S/c2-1(3,4)5;1-3-2. The van der Waals surface area contributed by atoms with Crippen molar-refractivity contribution in [3.63, 3.8) is 0 Å². The zero-order valence-corrected chi connectivity index (χ0v) is 4.81. The Balaban J connectivity index is 0. The van der Waals surface area contributed by atoms with Crippen molar-refractivity contribution in [3.8, 4) is 0 Å². The molecule has 0 aromatic heterocycles. The molecule has 0 fully saturated rings. The van der Waals surface area contributed by atoms with Crippen LogP contribution in [0.2, 0.25) is 0 Å². The summed E-state index contributed by atoms with van der Waals surface area (Å²) in [7, 11) is 0. The van der Waals surface area contributed by atoms with Crippen molar-refractivity contribution < 1.29 is 21.6 Å². The Labute approximate surface area is 51.2 Å². The maximum Gasteiger partial charge on any atom is 0.475 e. The molecule has 50 valence electrons. The summed E-state index contributed by atoms with van der Waals surface area (Å²) < 4.78 is 46.9. The van der Waals surface area contributed by atoms with Gasteiger partial charge in [-0.2, -0.15) is 21.6 Å². The number of hydrogen-bond acceptors (Lipinski definition) is 2. The van der Waals surface area contributed by atoms with Crippen LogP contribution in [0.25, 0.3) is 0 Å². The molecule has 7 heteroatoms. The van der Waals surface area contributed by atoms with Gasteiger partial charge in [-0.25, -0.2) is 0 Å². The molecule has 0 aromatic rings. The highest BCUT2D eigenvalue weighted by Gasteiger charge is 2.20. The second-order valence-corrected chi connectivity index (χ2v) is 1.06. The second kappa shape index (κ2) is 5.04. The average molecular weight is 169 g/mol. The van der Waals surface area contributed by atoms with E-state index in [-0.39, 0.29) is 0 Å². The Morgan fingerprint density at radius 2 is 1.25 bits per heavy atom. The predicted molar refractivity (Wildman–Crippen MR) is 20.8 cm³/mol. The summed E-state index contributed by atoms with van der Waals surface area (Å²) in [5.41, 5.74) is -4.53. The lowest BCUT2D eigenvalue weighted by molar-refractivity contribution is -0.0420. The van der Waals surface area contributed by atoms with Gasteiger partial charge in [0.25, 0.3) is 0 Å². The van der Waals surface area contributed by atoms with Crippen molar-refractivity contribution in [1.29, 1.82) is 0 Å². The third kappa shape index (κ3) is 14200. The van der Waals surface area contributed by atoms with Gasteiger partial charge >= 0.3 is 17.2 Å². The van der Waals surface area contributed by atoms with Gasteiger partial charge in [0.1, 0.15) is 0 Å². The van der Waals surface area contributed by atoms with Gasteiger partial charge in [-0.15, -0.1) is 0 Å². The maximum atomic E-state index is 10.1. The first-order valence-corrected chi connectivity index (χ1v) is 2.13. The molecule has 0 saturated heterocycles. The highest BCUT2D eigenvalue weighted by atomic mass is 35.5. The summed E-state index contributed by atoms with van der Waals surface area (Å²) in [4.78, 5) is 0. The molecule has 8 heavy (non-hydrogen) atoms. The SMILES string of the molecule is FC(F)(F)Cl.O=S=O. The molecule has 0 radical (unpaired) electrons. The lowest BCUT2D eigenvalue weighted by atomic mass is 11.6. The van der Waals surface area contributed by atoms with Crippen molar-refractivity contribution in [1.82, 2.24) is 0 Å². The Kier molecular flexibility index (Phi) is 6.81. The van der Waals surface area contributed by atoms with E-state index in [9.17, 15) is 13.2 Å². The molecule has 2 nitrogen and oxygen atoms in total. The molecule has 0 aliphatic carbocycles. The van der Waals surface area contributed by atoms with Gasteiger partial charge in [-0.3, -0.25) is 0 Å². The van der Waals surface area contributed by atoms with Gasteiger partial charge in [0.15, 0.2) is 0 Å².